The van der Waals surface area contributed by atoms with E-state index < -0.39 is 0 Å². The lowest BCUT2D eigenvalue weighted by molar-refractivity contribution is 0.104. The average Bonchev–Trinajstić information content (AvgIpc) is 2.71. The minimum absolute atomic E-state index is 0.0745. The molecule has 3 aromatic carbocycles. The van der Waals surface area contributed by atoms with Gasteiger partial charge in [0.05, 0.1) is 6.61 Å². The molecule has 0 saturated carbocycles. The lowest BCUT2D eigenvalue weighted by Crippen LogP contribution is -1.97. The Hall–Kier alpha value is -3.53. The molecule has 27 heavy (non-hydrogen) atoms. The first kappa shape index (κ1) is 18.3. The maximum atomic E-state index is 12.2. The van der Waals surface area contributed by atoms with Crippen molar-refractivity contribution in [3.63, 3.8) is 0 Å². The van der Waals surface area contributed by atoms with E-state index >= 15 is 0 Å². The van der Waals surface area contributed by atoms with Crippen LogP contribution in [0.5, 0.6) is 17.2 Å². The molecule has 1 N–H and O–H groups in total. The first-order valence-electron chi connectivity index (χ1n) is 8.78. The third kappa shape index (κ3) is 5.47. The second kappa shape index (κ2) is 9.25. The van der Waals surface area contributed by atoms with Crippen molar-refractivity contribution in [1.82, 2.24) is 0 Å². The van der Waals surface area contributed by atoms with Gasteiger partial charge in [-0.05, 0) is 67.6 Å². The molecule has 0 radical (unpaired) electrons. The van der Waals surface area contributed by atoms with Crippen LogP contribution in [0.3, 0.4) is 0 Å². The number of rotatable bonds is 8. The maximum Gasteiger partial charge on any atom is 0.187 e. The normalized spacial score (nSPS) is 10.6. The van der Waals surface area contributed by atoms with E-state index in [4.69, 9.17) is 9.47 Å². The summed E-state index contributed by atoms with van der Waals surface area (Å²) in [6, 6.07) is 24.2. The fraction of sp³-hybridized carbons (Fsp3) is 0.0870. The van der Waals surface area contributed by atoms with Crippen molar-refractivity contribution >= 4 is 11.5 Å². The van der Waals surface area contributed by atoms with E-state index in [1.54, 1.807) is 30.5 Å². The summed E-state index contributed by atoms with van der Waals surface area (Å²) in [5.41, 5.74) is 1.48. The summed E-state index contributed by atoms with van der Waals surface area (Å²) in [6.45, 7) is 2.53. The Morgan fingerprint density at radius 1 is 0.852 bits per heavy atom. The molecular formula is C23H21NO3. The van der Waals surface area contributed by atoms with Crippen molar-refractivity contribution in [3.8, 4) is 17.2 Å². The van der Waals surface area contributed by atoms with Crippen molar-refractivity contribution < 1.29 is 14.3 Å². The summed E-state index contributed by atoms with van der Waals surface area (Å²) >= 11 is 0. The van der Waals surface area contributed by atoms with Gasteiger partial charge in [0.2, 0.25) is 0 Å². The maximum absolute atomic E-state index is 12.2. The molecule has 0 bridgehead atoms. The number of ketones is 1. The van der Waals surface area contributed by atoms with Gasteiger partial charge in [0.15, 0.2) is 5.78 Å². The SMILES string of the molecule is CCOc1ccc(C(=O)/C=C/Nc2ccc(Oc3ccccc3)cc2)cc1. The zero-order valence-corrected chi connectivity index (χ0v) is 15.1. The number of hydrogen-bond donors (Lipinski definition) is 1. The average molecular weight is 359 g/mol. The van der Waals surface area contributed by atoms with Gasteiger partial charge in [-0.25, -0.2) is 0 Å². The van der Waals surface area contributed by atoms with Gasteiger partial charge in [-0.1, -0.05) is 18.2 Å². The predicted octanol–water partition coefficient (Wildman–Crippen LogP) is 5.69. The second-order valence-corrected chi connectivity index (χ2v) is 5.74. The fourth-order valence-electron chi connectivity index (χ4n) is 2.44. The van der Waals surface area contributed by atoms with Gasteiger partial charge >= 0.3 is 0 Å². The Balaban J connectivity index is 1.53. The van der Waals surface area contributed by atoms with E-state index in [9.17, 15) is 4.79 Å². The van der Waals surface area contributed by atoms with Crippen molar-refractivity contribution in [2.24, 2.45) is 0 Å². The zero-order valence-electron chi connectivity index (χ0n) is 15.1. The molecule has 0 aliphatic heterocycles. The Bertz CT molecular complexity index is 885. The van der Waals surface area contributed by atoms with Gasteiger partial charge in [-0.3, -0.25) is 4.79 Å². The van der Waals surface area contributed by atoms with E-state index in [-0.39, 0.29) is 5.78 Å². The topological polar surface area (TPSA) is 47.6 Å². The van der Waals surface area contributed by atoms with Crippen LogP contribution in [0, 0.1) is 0 Å². The lowest BCUT2D eigenvalue weighted by atomic mass is 10.1. The zero-order chi connectivity index (χ0) is 18.9. The number of carbonyl (C=O) groups is 1. The highest BCUT2D eigenvalue weighted by molar-refractivity contribution is 6.04. The number of carbonyl (C=O) groups excluding carboxylic acids is 1. The molecule has 0 heterocycles. The largest absolute Gasteiger partial charge is 0.494 e. The Morgan fingerprint density at radius 2 is 1.48 bits per heavy atom. The molecule has 0 aromatic heterocycles. The highest BCUT2D eigenvalue weighted by atomic mass is 16.5. The number of hydrogen-bond acceptors (Lipinski definition) is 4. The summed E-state index contributed by atoms with van der Waals surface area (Å²) < 4.78 is 11.1. The van der Waals surface area contributed by atoms with Crippen LogP contribution >= 0.6 is 0 Å². The van der Waals surface area contributed by atoms with Gasteiger partial charge in [-0.15, -0.1) is 0 Å². The second-order valence-electron chi connectivity index (χ2n) is 5.74. The standard InChI is InChI=1S/C23H21NO3/c1-2-26-20-12-8-18(9-13-20)23(25)16-17-24-19-10-14-22(15-11-19)27-21-6-4-3-5-7-21/h3-17,24H,2H2,1H3/b17-16+. The van der Waals surface area contributed by atoms with E-state index in [0.717, 1.165) is 22.9 Å². The fourth-order valence-corrected chi connectivity index (χ4v) is 2.44. The quantitative estimate of drug-likeness (QED) is 0.415. The first-order chi connectivity index (χ1) is 13.2. The summed E-state index contributed by atoms with van der Waals surface area (Å²) in [6.07, 6.45) is 3.13. The number of para-hydroxylation sites is 1. The van der Waals surface area contributed by atoms with Gasteiger partial charge in [0, 0.05) is 23.5 Å². The van der Waals surface area contributed by atoms with Crippen LogP contribution in [0.2, 0.25) is 0 Å². The van der Waals surface area contributed by atoms with Crippen LogP contribution in [0.15, 0.2) is 91.1 Å². The summed E-state index contributed by atoms with van der Waals surface area (Å²) in [7, 11) is 0. The minimum Gasteiger partial charge on any atom is -0.494 e. The molecule has 0 aliphatic rings. The summed E-state index contributed by atoms with van der Waals surface area (Å²) in [5, 5.41) is 3.09. The highest BCUT2D eigenvalue weighted by Gasteiger charge is 2.02. The molecule has 0 saturated heterocycles. The molecule has 0 atom stereocenters. The van der Waals surface area contributed by atoms with Gasteiger partial charge < -0.3 is 14.8 Å². The lowest BCUT2D eigenvalue weighted by Gasteiger charge is -2.06. The van der Waals surface area contributed by atoms with Crippen molar-refractivity contribution in [3.05, 3.63) is 96.7 Å². The van der Waals surface area contributed by atoms with Gasteiger partial charge in [0.1, 0.15) is 17.2 Å². The third-order valence-corrected chi connectivity index (χ3v) is 3.77. The molecule has 136 valence electrons. The molecule has 3 aromatic rings. The molecule has 3 rings (SSSR count). The van der Waals surface area contributed by atoms with Crippen LogP contribution in [-0.2, 0) is 0 Å². The monoisotopic (exact) mass is 359 g/mol. The molecule has 0 unspecified atom stereocenters. The number of ether oxygens (including phenoxy) is 2. The Labute approximate surface area is 159 Å². The minimum atomic E-state index is -0.0745. The smallest absolute Gasteiger partial charge is 0.187 e. The van der Waals surface area contributed by atoms with Crippen LogP contribution in [0.4, 0.5) is 5.69 Å². The first-order valence-corrected chi connectivity index (χ1v) is 8.78. The summed E-state index contributed by atoms with van der Waals surface area (Å²) in [5.74, 6) is 2.23. The van der Waals surface area contributed by atoms with Crippen molar-refractivity contribution in [1.29, 1.82) is 0 Å². The molecule has 4 nitrogen and oxygen atoms in total. The van der Waals surface area contributed by atoms with E-state index in [0.29, 0.717) is 12.2 Å². The van der Waals surface area contributed by atoms with E-state index in [2.05, 4.69) is 5.32 Å². The molecular weight excluding hydrogens is 338 g/mol. The number of anilines is 1. The molecule has 4 heteroatoms. The van der Waals surface area contributed by atoms with Gasteiger partial charge in [-0.2, -0.15) is 0 Å². The van der Waals surface area contributed by atoms with Crippen LogP contribution in [-0.4, -0.2) is 12.4 Å². The van der Waals surface area contributed by atoms with E-state index in [1.165, 1.54) is 6.08 Å². The van der Waals surface area contributed by atoms with Crippen LogP contribution in [0.25, 0.3) is 0 Å². The van der Waals surface area contributed by atoms with Gasteiger partial charge in [0.25, 0.3) is 0 Å². The molecule has 0 aliphatic carbocycles. The number of benzene rings is 3. The number of nitrogens with one attached hydrogen (secondary N) is 1. The van der Waals surface area contributed by atoms with Crippen molar-refractivity contribution in [2.45, 2.75) is 6.92 Å². The highest BCUT2D eigenvalue weighted by Crippen LogP contribution is 2.22. The Kier molecular flexibility index (Phi) is 6.26. The van der Waals surface area contributed by atoms with Crippen LogP contribution in [0.1, 0.15) is 17.3 Å². The van der Waals surface area contributed by atoms with Crippen molar-refractivity contribution in [2.75, 3.05) is 11.9 Å². The van der Waals surface area contributed by atoms with Crippen LogP contribution < -0.4 is 14.8 Å². The third-order valence-electron chi connectivity index (χ3n) is 3.77. The number of allylic oxidation sites excluding steroid dienone is 1. The molecule has 0 fully saturated rings. The Morgan fingerprint density at radius 3 is 2.15 bits per heavy atom. The predicted molar refractivity (Wildman–Crippen MR) is 108 cm³/mol. The van der Waals surface area contributed by atoms with E-state index in [1.807, 2.05) is 61.5 Å². The molecule has 0 spiro atoms. The molecule has 0 amide bonds. The summed E-state index contributed by atoms with van der Waals surface area (Å²) in [4.78, 5) is 12.2.